The number of hydrogen-bond donors (Lipinski definition) is 2. The minimum atomic E-state index is -0.442. The maximum absolute atomic E-state index is 13.1. The number of carbonyl (C=O) groups is 2. The highest BCUT2D eigenvalue weighted by Gasteiger charge is 2.19. The molecule has 0 saturated heterocycles. The monoisotopic (exact) mass is 488 g/mol. The molecule has 1 aromatic heterocycles. The maximum Gasteiger partial charge on any atom is 0.295 e. The van der Waals surface area contributed by atoms with Gasteiger partial charge in [0.2, 0.25) is 5.91 Å². The molecule has 0 unspecified atom stereocenters. The normalized spacial score (nSPS) is 10.7. The van der Waals surface area contributed by atoms with Crippen LogP contribution in [-0.2, 0) is 18.3 Å². The van der Waals surface area contributed by atoms with Gasteiger partial charge in [0.05, 0.1) is 11.4 Å². The van der Waals surface area contributed by atoms with Crippen LogP contribution in [0.1, 0.15) is 28.0 Å². The smallest absolute Gasteiger partial charge is 0.295 e. The molecule has 35 heavy (non-hydrogen) atoms. The Labute approximate surface area is 207 Å². The number of hydrogen-bond acceptors (Lipinski definition) is 3. The molecule has 0 aliphatic heterocycles. The topological polar surface area (TPSA) is 85.1 Å². The number of benzene rings is 3. The van der Waals surface area contributed by atoms with E-state index in [1.54, 1.807) is 49.0 Å². The molecule has 2 amide bonds. The van der Waals surface area contributed by atoms with E-state index in [-0.39, 0.29) is 23.6 Å². The van der Waals surface area contributed by atoms with Gasteiger partial charge < -0.3 is 10.6 Å². The molecule has 7 nitrogen and oxygen atoms in total. The van der Waals surface area contributed by atoms with Crippen LogP contribution in [0.2, 0.25) is 5.02 Å². The van der Waals surface area contributed by atoms with Crippen LogP contribution in [0.5, 0.6) is 0 Å². The van der Waals surface area contributed by atoms with Crippen molar-refractivity contribution < 1.29 is 9.59 Å². The zero-order valence-electron chi connectivity index (χ0n) is 19.4. The SMILES string of the molecule is Cc1c(NC(=O)c2cccc(NC(=O)CCc3ccccc3Cl)c2)c(=O)n(-c2ccccc2)n1C. The molecular weight excluding hydrogens is 464 g/mol. The average Bonchev–Trinajstić information content (AvgIpc) is 3.07. The van der Waals surface area contributed by atoms with Crippen LogP contribution in [0.25, 0.3) is 5.69 Å². The average molecular weight is 489 g/mol. The van der Waals surface area contributed by atoms with E-state index in [0.29, 0.717) is 34.1 Å². The summed E-state index contributed by atoms with van der Waals surface area (Å²) in [6.07, 6.45) is 0.759. The lowest BCUT2D eigenvalue weighted by molar-refractivity contribution is -0.116. The molecule has 178 valence electrons. The van der Waals surface area contributed by atoms with Crippen molar-refractivity contribution >= 4 is 34.8 Å². The summed E-state index contributed by atoms with van der Waals surface area (Å²) in [6, 6.07) is 23.2. The van der Waals surface area contributed by atoms with E-state index in [9.17, 15) is 14.4 Å². The van der Waals surface area contributed by atoms with Gasteiger partial charge in [0.1, 0.15) is 5.69 Å². The van der Waals surface area contributed by atoms with Crippen LogP contribution >= 0.6 is 11.6 Å². The largest absolute Gasteiger partial charge is 0.326 e. The summed E-state index contributed by atoms with van der Waals surface area (Å²) in [5, 5.41) is 6.18. The molecular formula is C27H25ClN4O3. The van der Waals surface area contributed by atoms with Crippen molar-refractivity contribution in [3.8, 4) is 5.69 Å². The molecule has 0 spiro atoms. The van der Waals surface area contributed by atoms with Gasteiger partial charge in [-0.25, -0.2) is 4.68 Å². The summed E-state index contributed by atoms with van der Waals surface area (Å²) < 4.78 is 3.20. The molecule has 0 atom stereocenters. The molecule has 4 aromatic rings. The minimum absolute atomic E-state index is 0.188. The summed E-state index contributed by atoms with van der Waals surface area (Å²) in [7, 11) is 1.76. The van der Waals surface area contributed by atoms with E-state index < -0.39 is 5.91 Å². The van der Waals surface area contributed by atoms with Crippen LogP contribution in [0.3, 0.4) is 0 Å². The number of amides is 2. The molecule has 0 aliphatic rings. The van der Waals surface area contributed by atoms with Crippen molar-refractivity contribution in [2.45, 2.75) is 19.8 Å². The number of rotatable bonds is 7. The first kappa shape index (κ1) is 24.0. The Morgan fingerprint density at radius 3 is 2.37 bits per heavy atom. The predicted molar refractivity (Wildman–Crippen MR) is 139 cm³/mol. The van der Waals surface area contributed by atoms with Gasteiger partial charge in [-0.05, 0) is 55.3 Å². The number of halogens is 1. The number of aryl methyl sites for hydroxylation is 1. The Kier molecular flexibility index (Phi) is 7.17. The summed E-state index contributed by atoms with van der Waals surface area (Å²) in [4.78, 5) is 38.5. The van der Waals surface area contributed by atoms with E-state index >= 15 is 0 Å². The number of carbonyl (C=O) groups excluding carboxylic acids is 2. The lowest BCUT2D eigenvalue weighted by Crippen LogP contribution is -2.23. The van der Waals surface area contributed by atoms with Crippen molar-refractivity contribution in [2.24, 2.45) is 7.05 Å². The van der Waals surface area contributed by atoms with E-state index in [1.807, 2.05) is 48.5 Å². The fourth-order valence-electron chi connectivity index (χ4n) is 3.81. The maximum atomic E-state index is 13.1. The van der Waals surface area contributed by atoms with Gasteiger partial charge in [-0.15, -0.1) is 0 Å². The van der Waals surface area contributed by atoms with E-state index in [4.69, 9.17) is 11.6 Å². The van der Waals surface area contributed by atoms with Crippen molar-refractivity contribution in [1.29, 1.82) is 0 Å². The Balaban J connectivity index is 1.46. The van der Waals surface area contributed by atoms with Gasteiger partial charge in [-0.1, -0.05) is 54.1 Å². The Morgan fingerprint density at radius 1 is 0.914 bits per heavy atom. The predicted octanol–water partition coefficient (Wildman–Crippen LogP) is 4.96. The van der Waals surface area contributed by atoms with Crippen LogP contribution < -0.4 is 16.2 Å². The molecule has 0 radical (unpaired) electrons. The number of nitrogens with zero attached hydrogens (tertiary/aromatic N) is 2. The molecule has 2 N–H and O–H groups in total. The van der Waals surface area contributed by atoms with E-state index in [0.717, 1.165) is 5.56 Å². The second-order valence-electron chi connectivity index (χ2n) is 8.11. The van der Waals surface area contributed by atoms with Gasteiger partial charge in [0.25, 0.3) is 11.5 Å². The molecule has 8 heteroatoms. The summed E-state index contributed by atoms with van der Waals surface area (Å²) in [6.45, 7) is 1.77. The fraction of sp³-hybridized carbons (Fsp3) is 0.148. The standard InChI is InChI=1S/C27H25ClN4O3/c1-18-25(27(35)32(31(18)2)22-12-4-3-5-13-22)30-26(34)20-10-8-11-21(17-20)29-24(33)16-15-19-9-6-7-14-23(19)28/h3-14,17H,15-16H2,1-2H3,(H,29,33)(H,30,34). The second kappa shape index (κ2) is 10.4. The number of anilines is 2. The van der Waals surface area contributed by atoms with Gasteiger partial charge >= 0.3 is 0 Å². The minimum Gasteiger partial charge on any atom is -0.326 e. The third-order valence-corrected chi connectivity index (χ3v) is 6.15. The number of aromatic nitrogens is 2. The van der Waals surface area contributed by atoms with Crippen LogP contribution in [0, 0.1) is 6.92 Å². The summed E-state index contributed by atoms with van der Waals surface area (Å²) in [5.41, 5.74) is 2.92. The van der Waals surface area contributed by atoms with Gasteiger partial charge in [-0.3, -0.25) is 19.1 Å². The van der Waals surface area contributed by atoms with Crippen molar-refractivity contribution in [1.82, 2.24) is 9.36 Å². The Hall–Kier alpha value is -4.10. The van der Waals surface area contributed by atoms with Gasteiger partial charge in [0.15, 0.2) is 0 Å². The van der Waals surface area contributed by atoms with Crippen LogP contribution in [-0.4, -0.2) is 21.2 Å². The highest BCUT2D eigenvalue weighted by Crippen LogP contribution is 2.19. The van der Waals surface area contributed by atoms with Gasteiger partial charge in [0, 0.05) is 29.7 Å². The highest BCUT2D eigenvalue weighted by atomic mass is 35.5. The fourth-order valence-corrected chi connectivity index (χ4v) is 4.04. The first-order chi connectivity index (χ1) is 16.8. The molecule has 3 aromatic carbocycles. The molecule has 0 aliphatic carbocycles. The molecule has 0 saturated carbocycles. The quantitative estimate of drug-likeness (QED) is 0.385. The Bertz CT molecular complexity index is 1440. The zero-order chi connectivity index (χ0) is 24.9. The second-order valence-corrected chi connectivity index (χ2v) is 8.52. The lowest BCUT2D eigenvalue weighted by atomic mass is 10.1. The van der Waals surface area contributed by atoms with Crippen LogP contribution in [0.15, 0.2) is 83.7 Å². The molecule has 4 rings (SSSR count). The first-order valence-corrected chi connectivity index (χ1v) is 11.5. The third-order valence-electron chi connectivity index (χ3n) is 5.78. The van der Waals surface area contributed by atoms with E-state index in [1.165, 1.54) is 4.68 Å². The van der Waals surface area contributed by atoms with E-state index in [2.05, 4.69) is 10.6 Å². The molecule has 0 bridgehead atoms. The lowest BCUT2D eigenvalue weighted by Gasteiger charge is -2.09. The zero-order valence-corrected chi connectivity index (χ0v) is 20.2. The molecule has 0 fully saturated rings. The highest BCUT2D eigenvalue weighted by molar-refractivity contribution is 6.31. The number of nitrogens with one attached hydrogen (secondary N) is 2. The van der Waals surface area contributed by atoms with Crippen LogP contribution in [0.4, 0.5) is 11.4 Å². The van der Waals surface area contributed by atoms with Gasteiger partial charge in [-0.2, -0.15) is 0 Å². The summed E-state index contributed by atoms with van der Waals surface area (Å²) >= 11 is 6.16. The van der Waals surface area contributed by atoms with Crippen molar-refractivity contribution in [2.75, 3.05) is 10.6 Å². The third kappa shape index (κ3) is 5.36. The Morgan fingerprint density at radius 2 is 1.63 bits per heavy atom. The molecule has 1 heterocycles. The summed E-state index contributed by atoms with van der Waals surface area (Å²) in [5.74, 6) is -0.629. The number of para-hydroxylation sites is 1. The first-order valence-electron chi connectivity index (χ1n) is 11.1. The van der Waals surface area contributed by atoms with Crippen molar-refractivity contribution in [3.05, 3.63) is 111 Å². The van der Waals surface area contributed by atoms with Crippen molar-refractivity contribution in [3.63, 3.8) is 0 Å².